The van der Waals surface area contributed by atoms with Gasteiger partial charge in [-0.15, -0.1) is 11.3 Å². The van der Waals surface area contributed by atoms with Crippen LogP contribution in [0.5, 0.6) is 0 Å². The monoisotopic (exact) mass is 412 g/mol. The molecule has 1 heterocycles. The highest BCUT2D eigenvalue weighted by Crippen LogP contribution is 2.32. The molecule has 0 bridgehead atoms. The quantitative estimate of drug-likeness (QED) is 0.670. The van der Waals surface area contributed by atoms with Crippen LogP contribution in [-0.2, 0) is 10.8 Å². The highest BCUT2D eigenvalue weighted by molar-refractivity contribution is 9.12. The molecule has 0 aromatic carbocycles. The van der Waals surface area contributed by atoms with E-state index in [9.17, 15) is 9.00 Å². The third-order valence-corrected chi connectivity index (χ3v) is 6.91. The second kappa shape index (κ2) is 6.77. The van der Waals surface area contributed by atoms with E-state index in [1.807, 2.05) is 0 Å². The van der Waals surface area contributed by atoms with E-state index in [1.165, 1.54) is 37.0 Å². The number of hydrogen-bond acceptors (Lipinski definition) is 3. The van der Waals surface area contributed by atoms with Crippen LogP contribution in [0.2, 0.25) is 0 Å². The molecule has 0 saturated heterocycles. The number of rotatable bonds is 5. The molecule has 2 rings (SSSR count). The Bertz CT molecular complexity index is 465. The zero-order valence-corrected chi connectivity index (χ0v) is 14.6. The summed E-state index contributed by atoms with van der Waals surface area (Å²) in [4.78, 5) is 12.0. The highest BCUT2D eigenvalue weighted by Gasteiger charge is 2.21. The summed E-state index contributed by atoms with van der Waals surface area (Å²) in [6.07, 6.45) is 4.85. The Morgan fingerprint density at radius 1 is 1.39 bits per heavy atom. The molecular weight excluding hydrogens is 400 g/mol. The molecule has 0 N–H and O–H groups in total. The largest absolute Gasteiger partial charge is 0.293 e. The fourth-order valence-electron chi connectivity index (χ4n) is 2.25. The van der Waals surface area contributed by atoms with E-state index >= 15 is 0 Å². The molecule has 1 aliphatic rings. The maximum Gasteiger partial charge on any atom is 0.177 e. The average Bonchev–Trinajstić information content (AvgIpc) is 2.88. The number of carbonyl (C=O) groups is 1. The molecule has 0 radical (unpaired) electrons. The molecule has 1 aromatic heterocycles. The van der Waals surface area contributed by atoms with E-state index in [0.717, 1.165) is 7.57 Å². The summed E-state index contributed by atoms with van der Waals surface area (Å²) < 4.78 is 13.7. The minimum absolute atomic E-state index is 0.0276. The molecule has 1 fully saturated rings. The van der Waals surface area contributed by atoms with Crippen LogP contribution in [0.4, 0.5) is 0 Å². The predicted molar refractivity (Wildman–Crippen MR) is 83.9 cm³/mol. The molecule has 2 nitrogen and oxygen atoms in total. The van der Waals surface area contributed by atoms with Crippen molar-refractivity contribution >= 4 is 59.8 Å². The molecule has 6 heteroatoms. The molecular formula is C12H14Br2O2S2. The van der Waals surface area contributed by atoms with E-state index in [4.69, 9.17) is 0 Å². The smallest absolute Gasteiger partial charge is 0.177 e. The Labute approximate surface area is 130 Å². The van der Waals surface area contributed by atoms with Crippen molar-refractivity contribution in [2.75, 3.05) is 11.5 Å². The number of halogens is 2. The van der Waals surface area contributed by atoms with Crippen LogP contribution in [0.3, 0.4) is 0 Å². The van der Waals surface area contributed by atoms with E-state index in [2.05, 4.69) is 31.9 Å². The van der Waals surface area contributed by atoms with E-state index in [0.29, 0.717) is 17.2 Å². The molecule has 0 aliphatic heterocycles. The summed E-state index contributed by atoms with van der Waals surface area (Å²) in [5.74, 6) is 1.38. The normalized spacial score (nSPS) is 18.1. The lowest BCUT2D eigenvalue weighted by molar-refractivity contribution is 0.102. The summed E-state index contributed by atoms with van der Waals surface area (Å²) in [5.41, 5.74) is 0.645. The fraction of sp³-hybridized carbons (Fsp3) is 0.583. The van der Waals surface area contributed by atoms with Gasteiger partial charge in [-0.25, -0.2) is 0 Å². The maximum absolute atomic E-state index is 12.0. The molecule has 1 unspecified atom stereocenters. The summed E-state index contributed by atoms with van der Waals surface area (Å²) in [7, 11) is -1.02. The first-order chi connectivity index (χ1) is 8.56. The molecule has 1 aromatic rings. The van der Waals surface area contributed by atoms with Gasteiger partial charge >= 0.3 is 0 Å². The Morgan fingerprint density at radius 3 is 2.61 bits per heavy atom. The molecule has 0 spiro atoms. The van der Waals surface area contributed by atoms with Gasteiger partial charge in [-0.2, -0.15) is 0 Å². The maximum atomic E-state index is 12.0. The Balaban J connectivity index is 1.90. The standard InChI is InChI=1S/C12H14Br2O2S2/c13-11-5-9(12(14)17-11)10(15)7-18(16)6-8-3-1-2-4-8/h5,8H,1-4,6-7H2. The number of Topliss-reactive ketones (excluding diaryl/α,β-unsaturated/α-hetero) is 1. The number of hydrogen-bond donors (Lipinski definition) is 0. The SMILES string of the molecule is O=C(CS(=O)CC1CCCC1)c1cc(Br)sc1Br. The second-order valence-corrected chi connectivity index (χ2v) is 9.81. The van der Waals surface area contributed by atoms with Gasteiger partial charge in [0.05, 0.1) is 13.3 Å². The number of carbonyl (C=O) groups excluding carboxylic acids is 1. The van der Waals surface area contributed by atoms with E-state index in [-0.39, 0.29) is 11.5 Å². The lowest BCUT2D eigenvalue weighted by Gasteiger charge is -2.07. The van der Waals surface area contributed by atoms with Crippen molar-refractivity contribution in [2.45, 2.75) is 25.7 Å². The molecule has 1 saturated carbocycles. The minimum atomic E-state index is -1.02. The van der Waals surface area contributed by atoms with Crippen molar-refractivity contribution in [1.82, 2.24) is 0 Å². The predicted octanol–water partition coefficient (Wildman–Crippen LogP) is 4.39. The van der Waals surface area contributed by atoms with Crippen LogP contribution in [0.15, 0.2) is 13.6 Å². The Morgan fingerprint density at radius 2 is 2.06 bits per heavy atom. The van der Waals surface area contributed by atoms with Crippen molar-refractivity contribution in [2.24, 2.45) is 5.92 Å². The van der Waals surface area contributed by atoms with Crippen LogP contribution >= 0.6 is 43.2 Å². The van der Waals surface area contributed by atoms with Gasteiger partial charge in [0.1, 0.15) is 0 Å². The lowest BCUT2D eigenvalue weighted by atomic mass is 10.1. The topological polar surface area (TPSA) is 34.1 Å². The van der Waals surface area contributed by atoms with Crippen molar-refractivity contribution in [3.05, 3.63) is 19.2 Å². The van der Waals surface area contributed by atoms with Crippen molar-refractivity contribution < 1.29 is 9.00 Å². The number of thiophene rings is 1. The van der Waals surface area contributed by atoms with Gasteiger partial charge in [-0.3, -0.25) is 9.00 Å². The third-order valence-electron chi connectivity index (χ3n) is 3.15. The second-order valence-electron chi connectivity index (χ2n) is 4.56. The van der Waals surface area contributed by atoms with Crippen molar-refractivity contribution in [3.63, 3.8) is 0 Å². The van der Waals surface area contributed by atoms with Crippen LogP contribution < -0.4 is 0 Å². The Hall–Kier alpha value is 0.480. The summed E-state index contributed by atoms with van der Waals surface area (Å²) in [6, 6.07) is 1.80. The van der Waals surface area contributed by atoms with Gasteiger partial charge in [0.25, 0.3) is 0 Å². The van der Waals surface area contributed by atoms with Crippen molar-refractivity contribution in [3.8, 4) is 0 Å². The van der Waals surface area contributed by atoms with E-state index < -0.39 is 10.8 Å². The zero-order chi connectivity index (χ0) is 13.1. The van der Waals surface area contributed by atoms with Gasteiger partial charge in [0.2, 0.25) is 0 Å². The van der Waals surface area contributed by atoms with Crippen molar-refractivity contribution in [1.29, 1.82) is 0 Å². The third kappa shape index (κ3) is 3.99. The molecule has 1 aliphatic carbocycles. The summed E-state index contributed by atoms with van der Waals surface area (Å²) in [5, 5.41) is 0. The van der Waals surface area contributed by atoms with Crippen LogP contribution in [0, 0.1) is 5.92 Å². The first-order valence-electron chi connectivity index (χ1n) is 5.89. The van der Waals surface area contributed by atoms with Gasteiger partial charge in [-0.1, -0.05) is 12.8 Å². The van der Waals surface area contributed by atoms with Gasteiger partial charge in [0.15, 0.2) is 5.78 Å². The fourth-order valence-corrected chi connectivity index (χ4v) is 6.53. The van der Waals surface area contributed by atoms with Crippen LogP contribution in [-0.4, -0.2) is 21.5 Å². The van der Waals surface area contributed by atoms with Crippen LogP contribution in [0.25, 0.3) is 0 Å². The summed E-state index contributed by atoms with van der Waals surface area (Å²) in [6.45, 7) is 0. The van der Waals surface area contributed by atoms with Gasteiger partial charge in [-0.05, 0) is 56.7 Å². The Kier molecular flexibility index (Phi) is 5.60. The highest BCUT2D eigenvalue weighted by atomic mass is 79.9. The molecule has 0 amide bonds. The summed E-state index contributed by atoms with van der Waals surface area (Å²) >= 11 is 8.18. The number of ketones is 1. The van der Waals surface area contributed by atoms with Gasteiger partial charge in [0, 0.05) is 22.1 Å². The molecule has 1 atom stereocenters. The molecule has 100 valence electrons. The average molecular weight is 414 g/mol. The minimum Gasteiger partial charge on any atom is -0.293 e. The van der Waals surface area contributed by atoms with E-state index in [1.54, 1.807) is 6.07 Å². The van der Waals surface area contributed by atoms with Gasteiger partial charge < -0.3 is 0 Å². The molecule has 18 heavy (non-hydrogen) atoms. The first kappa shape index (κ1) is 14.9. The zero-order valence-electron chi connectivity index (χ0n) is 9.79. The first-order valence-corrected chi connectivity index (χ1v) is 9.78. The lowest BCUT2D eigenvalue weighted by Crippen LogP contribution is -2.16. The van der Waals surface area contributed by atoms with Crippen LogP contribution in [0.1, 0.15) is 36.0 Å².